The van der Waals surface area contributed by atoms with Crippen molar-refractivity contribution in [3.63, 3.8) is 0 Å². The monoisotopic (exact) mass is 278 g/mol. The minimum Gasteiger partial charge on any atom is -0.338 e. The van der Waals surface area contributed by atoms with E-state index < -0.39 is 0 Å². The molecular formula is C13H18N4OS. The van der Waals surface area contributed by atoms with E-state index in [1.54, 1.807) is 11.8 Å². The summed E-state index contributed by atoms with van der Waals surface area (Å²) in [5, 5.41) is 3.94. The Morgan fingerprint density at radius 3 is 2.95 bits per heavy atom. The summed E-state index contributed by atoms with van der Waals surface area (Å²) in [7, 11) is 2.03. The fourth-order valence-electron chi connectivity index (χ4n) is 1.74. The van der Waals surface area contributed by atoms with Crippen LogP contribution in [0.1, 0.15) is 30.4 Å². The molecule has 2 aromatic rings. The Balaban J connectivity index is 1.98. The number of thioether (sulfide) groups is 1. The van der Waals surface area contributed by atoms with E-state index in [4.69, 9.17) is 4.52 Å². The van der Waals surface area contributed by atoms with E-state index in [0.717, 1.165) is 17.3 Å². The van der Waals surface area contributed by atoms with Gasteiger partial charge in [0.05, 0.1) is 18.0 Å². The lowest BCUT2D eigenvalue weighted by Gasteiger charge is -2.22. The molecule has 0 amide bonds. The average Bonchev–Trinajstić information content (AvgIpc) is 2.86. The molecule has 2 heterocycles. The minimum absolute atomic E-state index is 0.206. The zero-order chi connectivity index (χ0) is 13.7. The Hall–Kier alpha value is -1.40. The van der Waals surface area contributed by atoms with Gasteiger partial charge in [-0.1, -0.05) is 11.2 Å². The fourth-order valence-corrected chi connectivity index (χ4v) is 2.12. The second kappa shape index (κ2) is 6.68. The molecule has 0 aliphatic carbocycles. The maximum atomic E-state index is 5.24. The average molecular weight is 278 g/mol. The van der Waals surface area contributed by atoms with Gasteiger partial charge in [0.25, 0.3) is 0 Å². The Morgan fingerprint density at radius 2 is 2.26 bits per heavy atom. The molecule has 0 saturated carbocycles. The lowest BCUT2D eigenvalue weighted by Crippen LogP contribution is -2.22. The molecule has 6 heteroatoms. The quantitative estimate of drug-likeness (QED) is 0.809. The zero-order valence-corrected chi connectivity index (χ0v) is 12.2. The van der Waals surface area contributed by atoms with Gasteiger partial charge in [0.2, 0.25) is 5.89 Å². The van der Waals surface area contributed by atoms with Crippen LogP contribution in [0.3, 0.4) is 0 Å². The number of aromatic nitrogens is 3. The van der Waals surface area contributed by atoms with Crippen molar-refractivity contribution in [3.05, 3.63) is 41.8 Å². The first-order valence-electron chi connectivity index (χ1n) is 6.12. The second-order valence-electron chi connectivity index (χ2n) is 4.38. The Labute approximate surface area is 117 Å². The molecule has 0 saturated heterocycles. The summed E-state index contributed by atoms with van der Waals surface area (Å²) in [5.74, 6) is 2.18. The van der Waals surface area contributed by atoms with Crippen LogP contribution < -0.4 is 0 Å². The second-order valence-corrected chi connectivity index (χ2v) is 5.25. The summed E-state index contributed by atoms with van der Waals surface area (Å²) < 4.78 is 5.24. The van der Waals surface area contributed by atoms with Crippen LogP contribution in [-0.2, 0) is 12.3 Å². The van der Waals surface area contributed by atoms with Crippen molar-refractivity contribution in [1.82, 2.24) is 20.0 Å². The van der Waals surface area contributed by atoms with E-state index in [9.17, 15) is 0 Å². The first kappa shape index (κ1) is 14.0. The molecule has 0 aromatic carbocycles. The molecule has 0 N–H and O–H groups in total. The summed E-state index contributed by atoms with van der Waals surface area (Å²) in [6, 6.07) is 6.14. The van der Waals surface area contributed by atoms with Crippen molar-refractivity contribution in [2.75, 3.05) is 13.3 Å². The van der Waals surface area contributed by atoms with E-state index in [1.165, 1.54) is 0 Å². The van der Waals surface area contributed by atoms with E-state index in [0.29, 0.717) is 12.4 Å². The lowest BCUT2D eigenvalue weighted by molar-refractivity contribution is 0.213. The number of nitrogens with zero attached hydrogens (tertiary/aromatic N) is 4. The van der Waals surface area contributed by atoms with Crippen LogP contribution in [0, 0.1) is 0 Å². The summed E-state index contributed by atoms with van der Waals surface area (Å²) in [4.78, 5) is 10.9. The molecule has 0 aliphatic rings. The first-order chi connectivity index (χ1) is 9.20. The minimum atomic E-state index is 0.206. The van der Waals surface area contributed by atoms with E-state index >= 15 is 0 Å². The summed E-state index contributed by atoms with van der Waals surface area (Å²) >= 11 is 1.68. The lowest BCUT2D eigenvalue weighted by atomic mass is 10.2. The highest BCUT2D eigenvalue weighted by Crippen LogP contribution is 2.18. The molecule has 0 radical (unpaired) electrons. The summed E-state index contributed by atoms with van der Waals surface area (Å²) in [6.07, 6.45) is 3.83. The predicted molar refractivity (Wildman–Crippen MR) is 75.6 cm³/mol. The molecule has 5 nitrogen and oxygen atoms in total. The molecule has 0 bridgehead atoms. The van der Waals surface area contributed by atoms with Crippen molar-refractivity contribution < 1.29 is 4.52 Å². The van der Waals surface area contributed by atoms with Gasteiger partial charge in [0.15, 0.2) is 5.82 Å². The molecule has 0 spiro atoms. The van der Waals surface area contributed by atoms with Gasteiger partial charge in [0.1, 0.15) is 0 Å². The summed E-state index contributed by atoms with van der Waals surface area (Å²) in [6.45, 7) is 2.74. The first-order valence-corrected chi connectivity index (χ1v) is 7.51. The molecule has 0 aliphatic heterocycles. The molecule has 102 valence electrons. The van der Waals surface area contributed by atoms with Gasteiger partial charge in [-0.3, -0.25) is 9.88 Å². The molecule has 2 rings (SSSR count). The molecule has 0 fully saturated rings. The van der Waals surface area contributed by atoms with Crippen LogP contribution in [0.25, 0.3) is 0 Å². The predicted octanol–water partition coefficient (Wildman–Crippen LogP) is 2.52. The van der Waals surface area contributed by atoms with Crippen LogP contribution in [0.2, 0.25) is 0 Å². The topological polar surface area (TPSA) is 55.1 Å². The maximum absolute atomic E-state index is 5.24. The normalized spacial score (nSPS) is 12.8. The van der Waals surface area contributed by atoms with Gasteiger partial charge in [-0.25, -0.2) is 0 Å². The van der Waals surface area contributed by atoms with Crippen molar-refractivity contribution >= 4 is 11.8 Å². The third kappa shape index (κ3) is 3.78. The van der Waals surface area contributed by atoms with Gasteiger partial charge >= 0.3 is 0 Å². The van der Waals surface area contributed by atoms with Crippen molar-refractivity contribution in [2.45, 2.75) is 25.3 Å². The fraction of sp³-hybridized carbons (Fsp3) is 0.462. The van der Waals surface area contributed by atoms with Crippen LogP contribution in [0.15, 0.2) is 28.9 Å². The SMILES string of the molecule is CSCc1noc(CN(C)[C@H](C)c2ccccn2)n1. The standard InChI is InChI=1S/C13H18N4OS/c1-10(11-6-4-5-7-14-11)17(2)8-13-15-12(9-19-3)16-18-13/h4-7,10H,8-9H2,1-3H3/t10-/m1/s1. The molecule has 0 unspecified atom stereocenters. The Kier molecular flexibility index (Phi) is 4.93. The van der Waals surface area contributed by atoms with Crippen LogP contribution in [0.4, 0.5) is 0 Å². The van der Waals surface area contributed by atoms with Gasteiger partial charge < -0.3 is 4.52 Å². The van der Waals surface area contributed by atoms with Crippen LogP contribution >= 0.6 is 11.8 Å². The highest BCUT2D eigenvalue weighted by atomic mass is 32.2. The van der Waals surface area contributed by atoms with Gasteiger partial charge in [-0.2, -0.15) is 16.7 Å². The zero-order valence-electron chi connectivity index (χ0n) is 11.4. The van der Waals surface area contributed by atoms with E-state index in [-0.39, 0.29) is 6.04 Å². The van der Waals surface area contributed by atoms with Gasteiger partial charge in [-0.15, -0.1) is 0 Å². The number of hydrogen-bond donors (Lipinski definition) is 0. The number of hydrogen-bond acceptors (Lipinski definition) is 6. The third-order valence-electron chi connectivity index (χ3n) is 2.95. The van der Waals surface area contributed by atoms with Crippen LogP contribution in [-0.4, -0.2) is 33.3 Å². The van der Waals surface area contributed by atoms with Crippen LogP contribution in [0.5, 0.6) is 0 Å². The van der Waals surface area contributed by atoms with Crippen molar-refractivity contribution in [3.8, 4) is 0 Å². The van der Waals surface area contributed by atoms with E-state index in [1.807, 2.05) is 37.7 Å². The van der Waals surface area contributed by atoms with Gasteiger partial charge in [0, 0.05) is 12.2 Å². The van der Waals surface area contributed by atoms with Crippen molar-refractivity contribution in [2.24, 2.45) is 0 Å². The Morgan fingerprint density at radius 1 is 1.42 bits per heavy atom. The molecule has 2 aromatic heterocycles. The third-order valence-corrected chi connectivity index (χ3v) is 3.49. The largest absolute Gasteiger partial charge is 0.338 e. The maximum Gasteiger partial charge on any atom is 0.240 e. The van der Waals surface area contributed by atoms with Gasteiger partial charge in [-0.05, 0) is 32.4 Å². The highest BCUT2D eigenvalue weighted by molar-refractivity contribution is 7.97. The number of pyridine rings is 1. The smallest absolute Gasteiger partial charge is 0.240 e. The molecular weight excluding hydrogens is 260 g/mol. The summed E-state index contributed by atoms with van der Waals surface area (Å²) in [5.41, 5.74) is 1.04. The molecule has 19 heavy (non-hydrogen) atoms. The number of rotatable bonds is 6. The molecule has 1 atom stereocenters. The Bertz CT molecular complexity index is 502. The highest BCUT2D eigenvalue weighted by Gasteiger charge is 2.16. The van der Waals surface area contributed by atoms with E-state index in [2.05, 4.69) is 26.9 Å². The van der Waals surface area contributed by atoms with Crippen molar-refractivity contribution in [1.29, 1.82) is 0 Å².